The van der Waals surface area contributed by atoms with Gasteiger partial charge in [-0.25, -0.2) is 9.37 Å². The second kappa shape index (κ2) is 5.48. The van der Waals surface area contributed by atoms with Crippen LogP contribution in [0.5, 0.6) is 5.75 Å². The van der Waals surface area contributed by atoms with Crippen LogP contribution in [-0.2, 0) is 6.42 Å². The van der Waals surface area contributed by atoms with E-state index in [-0.39, 0.29) is 11.4 Å². The minimum Gasteiger partial charge on any atom is -0.506 e. The number of benzene rings is 1. The normalized spacial score (nSPS) is 10.8. The number of aromatic nitrogens is 2. The summed E-state index contributed by atoms with van der Waals surface area (Å²) in [6.45, 7) is 1.87. The summed E-state index contributed by atoms with van der Waals surface area (Å²) < 4.78 is 14.9. The molecule has 0 atom stereocenters. The van der Waals surface area contributed by atoms with E-state index < -0.39 is 11.7 Å². The van der Waals surface area contributed by atoms with E-state index in [1.807, 2.05) is 6.92 Å². The van der Waals surface area contributed by atoms with Crippen molar-refractivity contribution in [2.24, 2.45) is 0 Å². The van der Waals surface area contributed by atoms with Gasteiger partial charge in [-0.05, 0) is 30.7 Å². The van der Waals surface area contributed by atoms with Crippen molar-refractivity contribution in [1.29, 1.82) is 0 Å². The van der Waals surface area contributed by atoms with Crippen LogP contribution in [0.3, 0.4) is 0 Å². The maximum Gasteiger partial charge on any atom is 0.274 e. The summed E-state index contributed by atoms with van der Waals surface area (Å²) in [4.78, 5) is 16.9. The van der Waals surface area contributed by atoms with Gasteiger partial charge in [-0.2, -0.15) is 0 Å². The van der Waals surface area contributed by atoms with Crippen LogP contribution in [0.25, 0.3) is 5.65 Å². The number of phenolic OH excluding ortho intramolecular Hbond substituents is 1. The molecule has 0 radical (unpaired) electrons. The number of aryl methyl sites for hydroxylation is 1. The number of halogens is 1. The van der Waals surface area contributed by atoms with Gasteiger partial charge in [0.15, 0.2) is 0 Å². The number of hydrogen-bond donors (Lipinski definition) is 2. The van der Waals surface area contributed by atoms with Crippen LogP contribution in [-0.4, -0.2) is 20.4 Å². The topological polar surface area (TPSA) is 66.6 Å². The molecule has 2 N–H and O–H groups in total. The highest BCUT2D eigenvalue weighted by molar-refractivity contribution is 6.05. The van der Waals surface area contributed by atoms with E-state index in [1.54, 1.807) is 18.2 Å². The number of pyridine rings is 1. The highest BCUT2D eigenvalue weighted by Crippen LogP contribution is 2.23. The van der Waals surface area contributed by atoms with Gasteiger partial charge in [0, 0.05) is 6.20 Å². The van der Waals surface area contributed by atoms with Crippen molar-refractivity contribution in [3.8, 4) is 5.75 Å². The van der Waals surface area contributed by atoms with Gasteiger partial charge >= 0.3 is 0 Å². The first-order valence-electron chi connectivity index (χ1n) is 6.86. The number of fused-ring (bicyclic) bond motifs is 1. The molecule has 0 fully saturated rings. The number of aromatic hydroxyl groups is 1. The second-order valence-electron chi connectivity index (χ2n) is 4.81. The monoisotopic (exact) mass is 299 g/mol. The number of amides is 1. The number of nitrogens with one attached hydrogen (secondary N) is 1. The first-order valence-corrected chi connectivity index (χ1v) is 6.86. The lowest BCUT2D eigenvalue weighted by molar-refractivity contribution is 0.102. The van der Waals surface area contributed by atoms with Crippen LogP contribution in [0.4, 0.5) is 10.1 Å². The van der Waals surface area contributed by atoms with Crippen molar-refractivity contribution >= 4 is 17.2 Å². The van der Waals surface area contributed by atoms with Crippen molar-refractivity contribution < 1.29 is 14.3 Å². The summed E-state index contributed by atoms with van der Waals surface area (Å²) in [5, 5.41) is 12.4. The number of hydrogen-bond acceptors (Lipinski definition) is 3. The van der Waals surface area contributed by atoms with Gasteiger partial charge in [-0.15, -0.1) is 0 Å². The fourth-order valence-electron chi connectivity index (χ4n) is 2.32. The van der Waals surface area contributed by atoms with Crippen molar-refractivity contribution in [3.05, 3.63) is 59.8 Å². The van der Waals surface area contributed by atoms with Gasteiger partial charge < -0.3 is 10.4 Å². The van der Waals surface area contributed by atoms with Crippen LogP contribution in [0.2, 0.25) is 0 Å². The molecule has 0 aliphatic heterocycles. The average Bonchev–Trinajstić information content (AvgIpc) is 2.87. The molecule has 0 unspecified atom stereocenters. The molecule has 1 aromatic carbocycles. The zero-order valence-corrected chi connectivity index (χ0v) is 11.9. The molecule has 2 heterocycles. The zero-order chi connectivity index (χ0) is 15.7. The average molecular weight is 299 g/mol. The molecule has 0 aliphatic rings. The van der Waals surface area contributed by atoms with Crippen LogP contribution in [0.1, 0.15) is 23.1 Å². The Morgan fingerprint density at radius 1 is 1.32 bits per heavy atom. The molecule has 0 saturated heterocycles. The summed E-state index contributed by atoms with van der Waals surface area (Å²) in [5.41, 5.74) is 1.63. The predicted molar refractivity (Wildman–Crippen MR) is 80.6 cm³/mol. The van der Waals surface area contributed by atoms with Gasteiger partial charge in [-0.1, -0.05) is 19.1 Å². The Labute approximate surface area is 126 Å². The molecule has 0 aliphatic carbocycles. The minimum absolute atomic E-state index is 0.0334. The van der Waals surface area contributed by atoms with Crippen LogP contribution in [0, 0.1) is 5.82 Å². The fourth-order valence-corrected chi connectivity index (χ4v) is 2.32. The van der Waals surface area contributed by atoms with E-state index in [1.165, 1.54) is 28.8 Å². The van der Waals surface area contributed by atoms with Crippen molar-refractivity contribution in [2.45, 2.75) is 13.3 Å². The minimum atomic E-state index is -0.454. The third-order valence-corrected chi connectivity index (χ3v) is 3.36. The molecule has 6 heteroatoms. The van der Waals surface area contributed by atoms with E-state index >= 15 is 0 Å². The lowest BCUT2D eigenvalue weighted by Gasteiger charge is -2.08. The van der Waals surface area contributed by atoms with E-state index in [2.05, 4.69) is 10.3 Å². The van der Waals surface area contributed by atoms with Gasteiger partial charge in [0.25, 0.3) is 5.91 Å². The summed E-state index contributed by atoms with van der Waals surface area (Å²) >= 11 is 0. The summed E-state index contributed by atoms with van der Waals surface area (Å²) in [6, 6.07) is 9.24. The molecular formula is C16H14FN3O2. The number of nitrogens with zero attached hydrogens (tertiary/aromatic N) is 2. The Balaban J connectivity index is 2.06. The van der Waals surface area contributed by atoms with E-state index in [0.29, 0.717) is 23.4 Å². The lowest BCUT2D eigenvalue weighted by Crippen LogP contribution is -2.16. The fraction of sp³-hybridized carbons (Fsp3) is 0.125. The Bertz CT molecular complexity index is 858. The first kappa shape index (κ1) is 14.1. The molecule has 0 spiro atoms. The van der Waals surface area contributed by atoms with Crippen LogP contribution < -0.4 is 5.32 Å². The van der Waals surface area contributed by atoms with Crippen LogP contribution >= 0.6 is 0 Å². The number of rotatable bonds is 3. The molecule has 0 bridgehead atoms. The Morgan fingerprint density at radius 3 is 2.82 bits per heavy atom. The molecule has 3 rings (SSSR count). The first-order chi connectivity index (χ1) is 10.6. The zero-order valence-electron chi connectivity index (χ0n) is 11.9. The van der Waals surface area contributed by atoms with E-state index in [0.717, 1.165) is 0 Å². The Morgan fingerprint density at radius 2 is 2.09 bits per heavy atom. The predicted octanol–water partition coefficient (Wildman–Crippen LogP) is 2.99. The lowest BCUT2D eigenvalue weighted by atomic mass is 10.2. The number of carbonyl (C=O) groups is 1. The molecule has 112 valence electrons. The Hall–Kier alpha value is -2.89. The maximum absolute atomic E-state index is 13.5. The van der Waals surface area contributed by atoms with Crippen molar-refractivity contribution in [2.75, 3.05) is 5.32 Å². The standard InChI is InChI=1S/C16H14FN3O2/c1-2-11-15(20-9-10(17)7-8-14(20)18-11)16(22)19-12-5-3-4-6-13(12)21/h3-9,21H,2H2,1H3,(H,19,22). The summed E-state index contributed by atoms with van der Waals surface area (Å²) in [7, 11) is 0. The quantitative estimate of drug-likeness (QED) is 0.731. The highest BCUT2D eigenvalue weighted by atomic mass is 19.1. The second-order valence-corrected chi connectivity index (χ2v) is 4.81. The Kier molecular flexibility index (Phi) is 3.50. The van der Waals surface area contributed by atoms with Gasteiger partial charge in [-0.3, -0.25) is 9.20 Å². The molecule has 1 amide bonds. The third kappa shape index (κ3) is 2.39. The smallest absolute Gasteiger partial charge is 0.274 e. The molecule has 5 nitrogen and oxygen atoms in total. The SMILES string of the molecule is CCc1nc2ccc(F)cn2c1C(=O)Nc1ccccc1O. The number of phenols is 1. The summed E-state index contributed by atoms with van der Waals surface area (Å²) in [6.07, 6.45) is 1.76. The van der Waals surface area contributed by atoms with Crippen molar-refractivity contribution in [3.63, 3.8) is 0 Å². The van der Waals surface area contributed by atoms with E-state index in [4.69, 9.17) is 0 Å². The van der Waals surface area contributed by atoms with Crippen molar-refractivity contribution in [1.82, 2.24) is 9.38 Å². The highest BCUT2D eigenvalue weighted by Gasteiger charge is 2.19. The van der Waals surface area contributed by atoms with Gasteiger partial charge in [0.1, 0.15) is 22.9 Å². The molecular weight excluding hydrogens is 285 g/mol. The molecule has 3 aromatic rings. The number of carbonyl (C=O) groups excluding carboxylic acids is 1. The van der Waals surface area contributed by atoms with Gasteiger partial charge in [0.05, 0.1) is 11.4 Å². The number of imidazole rings is 1. The number of anilines is 1. The summed E-state index contributed by atoms with van der Waals surface area (Å²) in [5.74, 6) is -0.936. The van der Waals surface area contributed by atoms with Crippen LogP contribution in [0.15, 0.2) is 42.6 Å². The maximum atomic E-state index is 13.5. The molecule has 0 saturated carbocycles. The third-order valence-electron chi connectivity index (χ3n) is 3.36. The molecule has 22 heavy (non-hydrogen) atoms. The van der Waals surface area contributed by atoms with Gasteiger partial charge in [0.2, 0.25) is 0 Å². The number of para-hydroxylation sites is 2. The van der Waals surface area contributed by atoms with E-state index in [9.17, 15) is 14.3 Å². The largest absolute Gasteiger partial charge is 0.506 e. The molecule has 2 aromatic heterocycles.